The summed E-state index contributed by atoms with van der Waals surface area (Å²) in [6.07, 6.45) is 3.03. The Morgan fingerprint density at radius 3 is 2.59 bits per heavy atom. The molecule has 0 aliphatic heterocycles. The molecule has 2 rings (SSSR count). The van der Waals surface area contributed by atoms with E-state index in [0.717, 1.165) is 5.56 Å². The van der Waals surface area contributed by atoms with E-state index >= 15 is 0 Å². The predicted octanol–water partition coefficient (Wildman–Crippen LogP) is -0.125. The van der Waals surface area contributed by atoms with Gasteiger partial charge in [0.1, 0.15) is 11.4 Å². The number of nitrogens with zero attached hydrogens (tertiary/aromatic N) is 4. The van der Waals surface area contributed by atoms with Crippen molar-refractivity contribution in [2.75, 3.05) is 12.8 Å². The zero-order chi connectivity index (χ0) is 12.3. The summed E-state index contributed by atoms with van der Waals surface area (Å²) >= 11 is 0. The summed E-state index contributed by atoms with van der Waals surface area (Å²) in [6.45, 7) is 0. The fourth-order valence-electron chi connectivity index (χ4n) is 1.22. The lowest BCUT2D eigenvalue weighted by Gasteiger charge is -2.01. The number of amides is 1. The van der Waals surface area contributed by atoms with Crippen LogP contribution in [-0.2, 0) is 0 Å². The van der Waals surface area contributed by atoms with Crippen molar-refractivity contribution in [2.45, 2.75) is 0 Å². The van der Waals surface area contributed by atoms with Crippen LogP contribution in [0.1, 0.15) is 10.5 Å². The minimum Gasteiger partial charge on any atom is -0.366 e. The molecule has 0 bridgehead atoms. The van der Waals surface area contributed by atoms with Crippen molar-refractivity contribution in [1.29, 1.82) is 0 Å². The Balaban J connectivity index is 2.29. The largest absolute Gasteiger partial charge is 0.366 e. The highest BCUT2D eigenvalue weighted by atomic mass is 16.1. The van der Waals surface area contributed by atoms with Gasteiger partial charge in [0.25, 0.3) is 5.91 Å². The molecule has 0 spiro atoms. The molecule has 2 aromatic rings. The summed E-state index contributed by atoms with van der Waals surface area (Å²) in [5, 5.41) is 9.99. The minimum absolute atomic E-state index is 0.115. The van der Waals surface area contributed by atoms with E-state index in [4.69, 9.17) is 5.73 Å². The standard InChI is InChI=1S/C10H10N6O/c1-12-9(17)7-3-2-6(4-13-7)8-5-14-10(11)16-15-8/h2-5H,1H3,(H,12,17)(H2,11,14,16). The molecular formula is C10H10N6O. The molecule has 7 heteroatoms. The lowest BCUT2D eigenvalue weighted by molar-refractivity contribution is 0.0958. The number of rotatable bonds is 2. The maximum absolute atomic E-state index is 11.3. The Hall–Kier alpha value is -2.57. The van der Waals surface area contributed by atoms with E-state index in [9.17, 15) is 4.79 Å². The Kier molecular flexibility index (Phi) is 2.91. The number of pyridine rings is 1. The van der Waals surface area contributed by atoms with Crippen LogP contribution in [0.5, 0.6) is 0 Å². The van der Waals surface area contributed by atoms with Crippen LogP contribution in [0.25, 0.3) is 11.3 Å². The molecule has 1 amide bonds. The van der Waals surface area contributed by atoms with E-state index in [1.807, 2.05) is 0 Å². The number of carbonyl (C=O) groups excluding carboxylic acids is 1. The Labute approximate surface area is 97.1 Å². The molecule has 7 nitrogen and oxygen atoms in total. The maximum atomic E-state index is 11.3. The third-order valence-electron chi connectivity index (χ3n) is 2.10. The molecule has 0 aromatic carbocycles. The second kappa shape index (κ2) is 4.52. The van der Waals surface area contributed by atoms with Crippen LogP contribution in [0.2, 0.25) is 0 Å². The first kappa shape index (κ1) is 10.9. The second-order valence-electron chi connectivity index (χ2n) is 3.21. The van der Waals surface area contributed by atoms with Crippen LogP contribution in [-0.4, -0.2) is 33.1 Å². The molecule has 0 atom stereocenters. The van der Waals surface area contributed by atoms with Gasteiger partial charge >= 0.3 is 0 Å². The highest BCUT2D eigenvalue weighted by molar-refractivity contribution is 5.92. The number of nitrogen functional groups attached to an aromatic ring is 1. The first-order valence-electron chi connectivity index (χ1n) is 4.84. The average Bonchev–Trinajstić information content (AvgIpc) is 2.39. The summed E-state index contributed by atoms with van der Waals surface area (Å²) < 4.78 is 0. The second-order valence-corrected chi connectivity index (χ2v) is 3.21. The van der Waals surface area contributed by atoms with Gasteiger partial charge in [-0.1, -0.05) is 0 Å². The van der Waals surface area contributed by atoms with Crippen LogP contribution in [0.3, 0.4) is 0 Å². The van der Waals surface area contributed by atoms with Crippen LogP contribution < -0.4 is 11.1 Å². The molecule has 0 radical (unpaired) electrons. The van der Waals surface area contributed by atoms with Gasteiger partial charge in [-0.05, 0) is 12.1 Å². The Bertz CT molecular complexity index is 521. The lowest BCUT2D eigenvalue weighted by atomic mass is 10.2. The number of nitrogens with two attached hydrogens (primary N) is 1. The molecule has 0 fully saturated rings. The first-order valence-corrected chi connectivity index (χ1v) is 4.84. The molecule has 0 aliphatic rings. The normalized spacial score (nSPS) is 9.94. The van der Waals surface area contributed by atoms with Gasteiger partial charge in [-0.15, -0.1) is 10.2 Å². The van der Waals surface area contributed by atoms with Gasteiger partial charge in [-0.25, -0.2) is 4.98 Å². The van der Waals surface area contributed by atoms with Crippen molar-refractivity contribution >= 4 is 11.9 Å². The molecule has 2 aromatic heterocycles. The number of hydrogen-bond acceptors (Lipinski definition) is 6. The maximum Gasteiger partial charge on any atom is 0.269 e. The van der Waals surface area contributed by atoms with E-state index < -0.39 is 0 Å². The summed E-state index contributed by atoms with van der Waals surface area (Å²) in [4.78, 5) is 19.1. The summed E-state index contributed by atoms with van der Waals surface area (Å²) in [6, 6.07) is 3.33. The molecule has 3 N–H and O–H groups in total. The van der Waals surface area contributed by atoms with E-state index in [0.29, 0.717) is 11.4 Å². The van der Waals surface area contributed by atoms with Crippen molar-refractivity contribution in [3.05, 3.63) is 30.2 Å². The third kappa shape index (κ3) is 2.33. The number of anilines is 1. The van der Waals surface area contributed by atoms with Crippen LogP contribution in [0, 0.1) is 0 Å². The number of carbonyl (C=O) groups is 1. The molecule has 0 saturated carbocycles. The van der Waals surface area contributed by atoms with Gasteiger partial charge in [-0.3, -0.25) is 9.78 Å². The first-order chi connectivity index (χ1) is 8.20. The van der Waals surface area contributed by atoms with Gasteiger partial charge in [-0.2, -0.15) is 0 Å². The van der Waals surface area contributed by atoms with E-state index in [2.05, 4.69) is 25.5 Å². The molecule has 86 valence electrons. The molecule has 17 heavy (non-hydrogen) atoms. The fourth-order valence-corrected chi connectivity index (χ4v) is 1.22. The van der Waals surface area contributed by atoms with E-state index in [1.54, 1.807) is 19.2 Å². The van der Waals surface area contributed by atoms with Gasteiger partial charge in [0, 0.05) is 18.8 Å². The number of hydrogen-bond donors (Lipinski definition) is 2. The predicted molar refractivity (Wildman–Crippen MR) is 60.9 cm³/mol. The number of aromatic nitrogens is 4. The van der Waals surface area contributed by atoms with Crippen molar-refractivity contribution in [3.63, 3.8) is 0 Å². The van der Waals surface area contributed by atoms with Crippen LogP contribution in [0.4, 0.5) is 5.95 Å². The SMILES string of the molecule is CNC(=O)c1ccc(-c2cnc(N)nn2)cn1. The Morgan fingerprint density at radius 1 is 1.24 bits per heavy atom. The summed E-state index contributed by atoms with van der Waals surface area (Å²) in [5.41, 5.74) is 6.94. The van der Waals surface area contributed by atoms with Gasteiger partial charge in [0.05, 0.1) is 6.20 Å². The van der Waals surface area contributed by atoms with E-state index in [1.165, 1.54) is 12.4 Å². The van der Waals surface area contributed by atoms with Gasteiger partial charge in [0.2, 0.25) is 5.95 Å². The van der Waals surface area contributed by atoms with Crippen molar-refractivity contribution in [1.82, 2.24) is 25.5 Å². The molecular weight excluding hydrogens is 220 g/mol. The molecule has 0 saturated heterocycles. The summed E-state index contributed by atoms with van der Waals surface area (Å²) in [5.74, 6) is -0.123. The third-order valence-corrected chi connectivity index (χ3v) is 2.10. The highest BCUT2D eigenvalue weighted by Crippen LogP contribution is 2.14. The molecule has 2 heterocycles. The smallest absolute Gasteiger partial charge is 0.269 e. The average molecular weight is 230 g/mol. The Morgan fingerprint density at radius 2 is 2.06 bits per heavy atom. The lowest BCUT2D eigenvalue weighted by Crippen LogP contribution is -2.18. The molecule has 0 aliphatic carbocycles. The number of nitrogens with one attached hydrogen (secondary N) is 1. The topological polar surface area (TPSA) is 107 Å². The highest BCUT2D eigenvalue weighted by Gasteiger charge is 2.06. The van der Waals surface area contributed by atoms with E-state index in [-0.39, 0.29) is 11.9 Å². The zero-order valence-corrected chi connectivity index (χ0v) is 9.08. The molecule has 0 unspecified atom stereocenters. The minimum atomic E-state index is -0.238. The van der Waals surface area contributed by atoms with Crippen LogP contribution >= 0.6 is 0 Å². The van der Waals surface area contributed by atoms with Crippen molar-refractivity contribution < 1.29 is 4.79 Å². The van der Waals surface area contributed by atoms with Crippen LogP contribution in [0.15, 0.2) is 24.5 Å². The van der Waals surface area contributed by atoms with Crippen molar-refractivity contribution in [3.8, 4) is 11.3 Å². The zero-order valence-electron chi connectivity index (χ0n) is 9.08. The van der Waals surface area contributed by atoms with Crippen molar-refractivity contribution in [2.24, 2.45) is 0 Å². The monoisotopic (exact) mass is 230 g/mol. The summed E-state index contributed by atoms with van der Waals surface area (Å²) in [7, 11) is 1.55. The van der Waals surface area contributed by atoms with Gasteiger partial charge in [0.15, 0.2) is 0 Å². The quantitative estimate of drug-likeness (QED) is 0.744. The fraction of sp³-hybridized carbons (Fsp3) is 0.100. The van der Waals surface area contributed by atoms with Gasteiger partial charge < -0.3 is 11.1 Å².